The number of nitrogens with one attached hydrogen (secondary N) is 1. The normalized spacial score (nSPS) is 11.0. The zero-order valence-corrected chi connectivity index (χ0v) is 24.9. The van der Waals surface area contributed by atoms with Crippen molar-refractivity contribution in [1.82, 2.24) is 5.32 Å². The minimum absolute atomic E-state index is 0.0248. The van der Waals surface area contributed by atoms with E-state index in [1.54, 1.807) is 38.1 Å². The van der Waals surface area contributed by atoms with E-state index in [4.69, 9.17) is 14.2 Å². The summed E-state index contributed by atoms with van der Waals surface area (Å²) >= 11 is 0. The number of aryl methyl sites for hydroxylation is 1. The molecule has 2 aromatic rings. The molecule has 0 aliphatic rings. The Morgan fingerprint density at radius 2 is 1.34 bits per heavy atom. The fraction of sp³-hybridized carbons (Fsp3) is 0.469. The molecule has 0 bridgehead atoms. The summed E-state index contributed by atoms with van der Waals surface area (Å²) in [6.45, 7) is 10.1. The van der Waals surface area contributed by atoms with Crippen molar-refractivity contribution >= 4 is 29.4 Å². The SMILES string of the molecule is CCOC(=O)C(CCc1ccc(Oc2ccc(C(=O)CCC(C)=O)cc2)c(CC)c1CC)(NC(C)=O)C(=O)OCC. The van der Waals surface area contributed by atoms with E-state index in [0.29, 0.717) is 36.3 Å². The summed E-state index contributed by atoms with van der Waals surface area (Å²) in [6.07, 6.45) is 1.98. The number of carbonyl (C=O) groups excluding carboxylic acids is 5. The molecule has 0 unspecified atom stereocenters. The monoisotopic (exact) mass is 567 g/mol. The van der Waals surface area contributed by atoms with Gasteiger partial charge < -0.3 is 24.3 Å². The number of ketones is 2. The van der Waals surface area contributed by atoms with Crippen LogP contribution < -0.4 is 10.1 Å². The molecule has 0 saturated heterocycles. The highest BCUT2D eigenvalue weighted by Gasteiger charge is 2.49. The summed E-state index contributed by atoms with van der Waals surface area (Å²) < 4.78 is 16.6. The maximum absolute atomic E-state index is 13.0. The maximum Gasteiger partial charge on any atom is 0.343 e. The van der Waals surface area contributed by atoms with Crippen LogP contribution in [0.3, 0.4) is 0 Å². The van der Waals surface area contributed by atoms with Gasteiger partial charge in [-0.05, 0) is 93.5 Å². The Hall–Kier alpha value is -4.01. The van der Waals surface area contributed by atoms with Crippen molar-refractivity contribution < 1.29 is 38.2 Å². The van der Waals surface area contributed by atoms with Crippen molar-refractivity contribution in [3.8, 4) is 11.5 Å². The maximum atomic E-state index is 13.0. The summed E-state index contributed by atoms with van der Waals surface area (Å²) in [5.41, 5.74) is 1.46. The number of Topliss-reactive ketones (excluding diaryl/α,β-unsaturated/α-hetero) is 2. The molecule has 0 fully saturated rings. The minimum Gasteiger partial charge on any atom is -0.464 e. The number of benzene rings is 2. The first-order valence-electron chi connectivity index (χ1n) is 14.1. The Labute approximate surface area is 241 Å². The third-order valence-corrected chi connectivity index (χ3v) is 6.71. The van der Waals surface area contributed by atoms with Crippen LogP contribution in [0.4, 0.5) is 0 Å². The van der Waals surface area contributed by atoms with Crippen molar-refractivity contribution in [2.75, 3.05) is 13.2 Å². The minimum atomic E-state index is -1.96. The van der Waals surface area contributed by atoms with Gasteiger partial charge in [-0.3, -0.25) is 9.59 Å². The second-order valence-corrected chi connectivity index (χ2v) is 9.67. The number of amides is 1. The average Bonchev–Trinajstić information content (AvgIpc) is 2.94. The van der Waals surface area contributed by atoms with Gasteiger partial charge in [-0.2, -0.15) is 0 Å². The lowest BCUT2D eigenvalue weighted by molar-refractivity contribution is -0.168. The molecule has 0 atom stereocenters. The van der Waals surface area contributed by atoms with Crippen LogP contribution in [0.2, 0.25) is 0 Å². The summed E-state index contributed by atoms with van der Waals surface area (Å²) in [6, 6.07) is 10.5. The van der Waals surface area contributed by atoms with E-state index in [-0.39, 0.29) is 44.0 Å². The molecule has 1 N–H and O–H groups in total. The van der Waals surface area contributed by atoms with Crippen LogP contribution in [0.5, 0.6) is 11.5 Å². The second kappa shape index (κ2) is 15.7. The van der Waals surface area contributed by atoms with Crippen LogP contribution in [-0.2, 0) is 47.9 Å². The largest absolute Gasteiger partial charge is 0.464 e. The highest BCUT2D eigenvalue weighted by molar-refractivity contribution is 6.07. The van der Waals surface area contributed by atoms with Crippen LogP contribution in [0, 0.1) is 0 Å². The van der Waals surface area contributed by atoms with Crippen LogP contribution in [0.15, 0.2) is 36.4 Å². The highest BCUT2D eigenvalue weighted by atomic mass is 16.6. The Bertz CT molecular complexity index is 1230. The number of hydrogen-bond acceptors (Lipinski definition) is 8. The van der Waals surface area contributed by atoms with Gasteiger partial charge in [0.05, 0.1) is 13.2 Å². The lowest BCUT2D eigenvalue weighted by Crippen LogP contribution is -2.61. The van der Waals surface area contributed by atoms with E-state index in [1.807, 2.05) is 26.0 Å². The molecule has 0 heterocycles. The fourth-order valence-corrected chi connectivity index (χ4v) is 4.73. The van der Waals surface area contributed by atoms with Gasteiger partial charge in [0.15, 0.2) is 5.78 Å². The molecular weight excluding hydrogens is 526 g/mol. The van der Waals surface area contributed by atoms with E-state index in [9.17, 15) is 24.0 Å². The molecule has 0 radical (unpaired) electrons. The standard InChI is InChI=1S/C32H41NO8/c1-7-26-23(19-20-32(33-22(6)35,30(37)39-9-3)31(38)40-10-4)14-18-29(27(26)8-2)41-25-15-12-24(13-16-25)28(36)17-11-21(5)34/h12-16,18H,7-11,17,19-20H2,1-6H3,(H,33,35). The summed E-state index contributed by atoms with van der Waals surface area (Å²) in [4.78, 5) is 61.6. The van der Waals surface area contributed by atoms with Gasteiger partial charge in [-0.1, -0.05) is 19.9 Å². The van der Waals surface area contributed by atoms with Gasteiger partial charge in [0.1, 0.15) is 17.3 Å². The number of ether oxygens (including phenoxy) is 3. The Morgan fingerprint density at radius 3 is 1.83 bits per heavy atom. The third-order valence-electron chi connectivity index (χ3n) is 6.71. The van der Waals surface area contributed by atoms with E-state index >= 15 is 0 Å². The van der Waals surface area contributed by atoms with Gasteiger partial charge in [-0.25, -0.2) is 9.59 Å². The first kappa shape index (κ1) is 33.2. The van der Waals surface area contributed by atoms with Gasteiger partial charge in [-0.15, -0.1) is 0 Å². The van der Waals surface area contributed by atoms with E-state index in [0.717, 1.165) is 16.7 Å². The van der Waals surface area contributed by atoms with Crippen molar-refractivity contribution in [3.63, 3.8) is 0 Å². The zero-order chi connectivity index (χ0) is 30.6. The quantitative estimate of drug-likeness (QED) is 0.169. The Morgan fingerprint density at radius 1 is 0.756 bits per heavy atom. The number of rotatable bonds is 16. The molecule has 0 aromatic heterocycles. The predicted octanol–water partition coefficient (Wildman–Crippen LogP) is 5.09. The molecule has 9 heteroatoms. The first-order chi connectivity index (χ1) is 19.5. The molecule has 0 spiro atoms. The molecular formula is C32H41NO8. The van der Waals surface area contributed by atoms with E-state index < -0.39 is 23.4 Å². The topological polar surface area (TPSA) is 125 Å². The van der Waals surface area contributed by atoms with Gasteiger partial charge in [0, 0.05) is 25.3 Å². The summed E-state index contributed by atoms with van der Waals surface area (Å²) in [7, 11) is 0. The molecule has 1 amide bonds. The molecule has 9 nitrogen and oxygen atoms in total. The smallest absolute Gasteiger partial charge is 0.343 e. The average molecular weight is 568 g/mol. The number of carbonyl (C=O) groups is 5. The zero-order valence-electron chi connectivity index (χ0n) is 24.9. The molecule has 2 aromatic carbocycles. The molecule has 0 aliphatic heterocycles. The van der Waals surface area contributed by atoms with Crippen molar-refractivity contribution in [2.45, 2.75) is 85.6 Å². The van der Waals surface area contributed by atoms with Crippen molar-refractivity contribution in [3.05, 3.63) is 58.7 Å². The van der Waals surface area contributed by atoms with Gasteiger partial charge in [0.2, 0.25) is 11.4 Å². The van der Waals surface area contributed by atoms with Gasteiger partial charge >= 0.3 is 11.9 Å². The van der Waals surface area contributed by atoms with Crippen LogP contribution in [0.1, 0.15) is 87.9 Å². The Kier molecular flexibility index (Phi) is 12.7. The molecule has 222 valence electrons. The van der Waals surface area contributed by atoms with Crippen molar-refractivity contribution in [2.24, 2.45) is 0 Å². The molecule has 41 heavy (non-hydrogen) atoms. The van der Waals surface area contributed by atoms with Crippen LogP contribution in [-0.4, -0.2) is 48.2 Å². The van der Waals surface area contributed by atoms with Crippen LogP contribution >= 0.6 is 0 Å². The summed E-state index contributed by atoms with van der Waals surface area (Å²) in [5.74, 6) is -1.16. The van der Waals surface area contributed by atoms with E-state index in [2.05, 4.69) is 5.32 Å². The number of esters is 2. The number of hydrogen-bond donors (Lipinski definition) is 1. The Balaban J connectivity index is 2.36. The van der Waals surface area contributed by atoms with Crippen molar-refractivity contribution in [1.29, 1.82) is 0 Å². The molecule has 0 saturated carbocycles. The predicted molar refractivity (Wildman–Crippen MR) is 154 cm³/mol. The fourth-order valence-electron chi connectivity index (χ4n) is 4.73. The molecule has 2 rings (SSSR count). The lowest BCUT2D eigenvalue weighted by atomic mass is 9.87. The van der Waals surface area contributed by atoms with Crippen LogP contribution in [0.25, 0.3) is 0 Å². The van der Waals surface area contributed by atoms with Gasteiger partial charge in [0.25, 0.3) is 0 Å². The second-order valence-electron chi connectivity index (χ2n) is 9.67. The summed E-state index contributed by atoms with van der Waals surface area (Å²) in [5, 5.41) is 2.52. The van der Waals surface area contributed by atoms with E-state index in [1.165, 1.54) is 13.8 Å². The first-order valence-corrected chi connectivity index (χ1v) is 14.1. The molecule has 0 aliphatic carbocycles. The third kappa shape index (κ3) is 8.74. The lowest BCUT2D eigenvalue weighted by Gasteiger charge is -2.30. The highest BCUT2D eigenvalue weighted by Crippen LogP contribution is 2.33.